The van der Waals surface area contributed by atoms with Crippen LogP contribution in [0.25, 0.3) is 11.1 Å². The maximum atomic E-state index is 6.52. The van der Waals surface area contributed by atoms with Gasteiger partial charge >= 0.3 is 0 Å². The third-order valence-electron chi connectivity index (χ3n) is 6.89. The number of fused-ring (bicyclic) bond motifs is 6. The summed E-state index contributed by atoms with van der Waals surface area (Å²) in [6.45, 7) is 0. The Hall–Kier alpha value is -4.01. The van der Waals surface area contributed by atoms with Crippen LogP contribution in [0, 0.1) is 0 Å². The molecule has 1 unspecified atom stereocenters. The van der Waals surface area contributed by atoms with Gasteiger partial charge in [0, 0.05) is 10.6 Å². The average molecular weight is 459 g/mol. The average Bonchev–Trinajstić information content (AvgIpc) is 3.20. The summed E-state index contributed by atoms with van der Waals surface area (Å²) in [6, 6.07) is 39.5. The smallest absolute Gasteiger partial charge is 0.178 e. The zero-order valence-electron chi connectivity index (χ0n) is 18.2. The van der Waals surface area contributed by atoms with Crippen molar-refractivity contribution in [2.75, 3.05) is 0 Å². The number of ether oxygens (including phenoxy) is 2. The molecule has 0 N–H and O–H groups in total. The molecule has 1 heterocycles. The Bertz CT molecular complexity index is 1560. The fourth-order valence-electron chi connectivity index (χ4n) is 5.52. The molecule has 162 valence electrons. The molecular weight excluding hydrogens is 440 g/mol. The molecule has 1 aliphatic carbocycles. The lowest BCUT2D eigenvalue weighted by atomic mass is 9.68. The van der Waals surface area contributed by atoms with E-state index in [2.05, 4.69) is 72.8 Å². The summed E-state index contributed by atoms with van der Waals surface area (Å²) in [4.78, 5) is 0. The monoisotopic (exact) mass is 458 g/mol. The first-order chi connectivity index (χ1) is 16.8. The van der Waals surface area contributed by atoms with Crippen molar-refractivity contribution in [3.63, 3.8) is 0 Å². The van der Waals surface area contributed by atoms with E-state index in [0.29, 0.717) is 0 Å². The van der Waals surface area contributed by atoms with Crippen LogP contribution in [0.5, 0.6) is 23.0 Å². The molecular formula is C31H19ClO2. The number of rotatable bonds is 2. The Morgan fingerprint density at radius 3 is 1.94 bits per heavy atom. The topological polar surface area (TPSA) is 18.5 Å². The van der Waals surface area contributed by atoms with E-state index >= 15 is 0 Å². The second-order valence-corrected chi connectivity index (χ2v) is 9.07. The zero-order valence-corrected chi connectivity index (χ0v) is 18.9. The molecule has 1 atom stereocenters. The van der Waals surface area contributed by atoms with Gasteiger partial charge in [0.15, 0.2) is 23.0 Å². The van der Waals surface area contributed by atoms with Crippen molar-refractivity contribution in [1.29, 1.82) is 0 Å². The van der Waals surface area contributed by atoms with Gasteiger partial charge in [-0.1, -0.05) is 96.5 Å². The molecule has 2 aliphatic rings. The Morgan fingerprint density at radius 2 is 1.15 bits per heavy atom. The summed E-state index contributed by atoms with van der Waals surface area (Å²) in [5, 5.41) is 0.720. The Kier molecular flexibility index (Phi) is 4.15. The van der Waals surface area contributed by atoms with Gasteiger partial charge in [-0.15, -0.1) is 0 Å². The summed E-state index contributed by atoms with van der Waals surface area (Å²) < 4.78 is 12.8. The molecule has 0 radical (unpaired) electrons. The second-order valence-electron chi connectivity index (χ2n) is 8.63. The minimum atomic E-state index is -0.507. The van der Waals surface area contributed by atoms with Crippen molar-refractivity contribution in [2.24, 2.45) is 0 Å². The molecule has 1 aliphatic heterocycles. The van der Waals surface area contributed by atoms with Crippen molar-refractivity contribution in [3.8, 4) is 34.1 Å². The Labute approximate surface area is 203 Å². The maximum absolute atomic E-state index is 6.52. The first kappa shape index (κ1) is 19.5. The third kappa shape index (κ3) is 2.57. The van der Waals surface area contributed by atoms with Crippen LogP contribution in [0.2, 0.25) is 5.02 Å². The van der Waals surface area contributed by atoms with Gasteiger partial charge < -0.3 is 9.47 Å². The maximum Gasteiger partial charge on any atom is 0.178 e. The van der Waals surface area contributed by atoms with Crippen LogP contribution in [-0.4, -0.2) is 0 Å². The molecule has 0 saturated carbocycles. The predicted molar refractivity (Wildman–Crippen MR) is 135 cm³/mol. The van der Waals surface area contributed by atoms with E-state index in [9.17, 15) is 0 Å². The van der Waals surface area contributed by atoms with Crippen LogP contribution in [0.4, 0.5) is 0 Å². The largest absolute Gasteiger partial charge is 0.449 e. The molecule has 5 aromatic carbocycles. The van der Waals surface area contributed by atoms with Gasteiger partial charge in [0.05, 0.1) is 5.41 Å². The van der Waals surface area contributed by atoms with Gasteiger partial charge in [-0.05, 0) is 58.1 Å². The van der Waals surface area contributed by atoms with Gasteiger partial charge in [-0.3, -0.25) is 0 Å². The number of hydrogen-bond acceptors (Lipinski definition) is 2. The number of halogens is 1. The first-order valence-electron chi connectivity index (χ1n) is 11.3. The van der Waals surface area contributed by atoms with E-state index in [0.717, 1.165) is 44.7 Å². The van der Waals surface area contributed by atoms with E-state index in [1.165, 1.54) is 16.7 Å². The van der Waals surface area contributed by atoms with E-state index in [1.54, 1.807) is 0 Å². The number of para-hydroxylation sites is 2. The molecule has 34 heavy (non-hydrogen) atoms. The molecule has 7 rings (SSSR count). The molecule has 0 fully saturated rings. The standard InChI is InChI=1S/C31H19ClO2/c32-22-16-14-21(15-17-22)31(20-8-2-1-3-9-20)24-11-5-4-10-23(24)29-25(31)18-19-28-30(29)34-27-13-7-6-12-26(27)33-28/h1-19H. The van der Waals surface area contributed by atoms with Gasteiger partial charge in [0.25, 0.3) is 0 Å². The minimum absolute atomic E-state index is 0.507. The fourth-order valence-corrected chi connectivity index (χ4v) is 5.65. The normalized spacial score (nSPS) is 17.0. The van der Waals surface area contributed by atoms with Crippen molar-refractivity contribution < 1.29 is 9.47 Å². The quantitative estimate of drug-likeness (QED) is 0.258. The van der Waals surface area contributed by atoms with Gasteiger partial charge in [-0.2, -0.15) is 0 Å². The van der Waals surface area contributed by atoms with Crippen LogP contribution >= 0.6 is 11.6 Å². The summed E-state index contributed by atoms with van der Waals surface area (Å²) in [7, 11) is 0. The Morgan fingerprint density at radius 1 is 0.500 bits per heavy atom. The molecule has 5 aromatic rings. The predicted octanol–water partition coefficient (Wildman–Crippen LogP) is 8.60. The first-order valence-corrected chi connectivity index (χ1v) is 11.7. The molecule has 0 aromatic heterocycles. The van der Waals surface area contributed by atoms with Crippen molar-refractivity contribution in [1.82, 2.24) is 0 Å². The van der Waals surface area contributed by atoms with Crippen LogP contribution in [0.3, 0.4) is 0 Å². The second kappa shape index (κ2) is 7.24. The highest BCUT2D eigenvalue weighted by atomic mass is 35.5. The van der Waals surface area contributed by atoms with E-state index in [4.69, 9.17) is 21.1 Å². The molecule has 0 spiro atoms. The lowest BCUT2D eigenvalue weighted by molar-refractivity contribution is 0.360. The summed E-state index contributed by atoms with van der Waals surface area (Å²) >= 11 is 6.32. The van der Waals surface area contributed by atoms with E-state index in [1.807, 2.05) is 42.5 Å². The van der Waals surface area contributed by atoms with Gasteiger partial charge in [-0.25, -0.2) is 0 Å². The van der Waals surface area contributed by atoms with Crippen LogP contribution in [-0.2, 0) is 5.41 Å². The minimum Gasteiger partial charge on any atom is -0.449 e. The van der Waals surface area contributed by atoms with Crippen LogP contribution < -0.4 is 9.47 Å². The van der Waals surface area contributed by atoms with Crippen molar-refractivity contribution in [2.45, 2.75) is 5.41 Å². The van der Waals surface area contributed by atoms with Gasteiger partial charge in [0.2, 0.25) is 0 Å². The van der Waals surface area contributed by atoms with E-state index < -0.39 is 5.41 Å². The van der Waals surface area contributed by atoms with Crippen molar-refractivity contribution >= 4 is 11.6 Å². The molecule has 2 nitrogen and oxygen atoms in total. The molecule has 0 amide bonds. The number of hydrogen-bond donors (Lipinski definition) is 0. The third-order valence-corrected chi connectivity index (χ3v) is 7.14. The zero-order chi connectivity index (χ0) is 22.7. The fraction of sp³-hybridized carbons (Fsp3) is 0.0323. The summed E-state index contributed by atoms with van der Waals surface area (Å²) in [5.74, 6) is 2.94. The summed E-state index contributed by atoms with van der Waals surface area (Å²) in [6.07, 6.45) is 0. The van der Waals surface area contributed by atoms with Gasteiger partial charge in [0.1, 0.15) is 0 Å². The molecule has 3 heteroatoms. The highest BCUT2D eigenvalue weighted by Crippen LogP contribution is 2.62. The highest BCUT2D eigenvalue weighted by molar-refractivity contribution is 6.30. The highest BCUT2D eigenvalue weighted by Gasteiger charge is 2.48. The molecule has 0 bridgehead atoms. The lowest BCUT2D eigenvalue weighted by Gasteiger charge is -2.34. The summed E-state index contributed by atoms with van der Waals surface area (Å²) in [5.41, 5.74) is 6.45. The lowest BCUT2D eigenvalue weighted by Crippen LogP contribution is -2.28. The SMILES string of the molecule is Clc1ccc(C2(c3ccccc3)c3ccccc3-c3c2ccc2c3Oc3ccccc3O2)cc1. The van der Waals surface area contributed by atoms with E-state index in [-0.39, 0.29) is 0 Å². The Balaban J connectivity index is 1.59. The van der Waals surface area contributed by atoms with Crippen LogP contribution in [0.1, 0.15) is 22.3 Å². The molecule has 0 saturated heterocycles. The number of benzene rings is 5. The van der Waals surface area contributed by atoms with Crippen molar-refractivity contribution in [3.05, 3.63) is 143 Å². The van der Waals surface area contributed by atoms with Crippen LogP contribution in [0.15, 0.2) is 115 Å².